The van der Waals surface area contributed by atoms with Crippen LogP contribution in [0.5, 0.6) is 0 Å². The van der Waals surface area contributed by atoms with Gasteiger partial charge in [-0.3, -0.25) is 9.59 Å². The maximum Gasteiger partial charge on any atom is 0.255 e. The number of piperidine rings is 1. The summed E-state index contributed by atoms with van der Waals surface area (Å²) < 4.78 is 0. The molecule has 1 aromatic carbocycles. The Balaban J connectivity index is 0.00000240. The standard InChI is InChI=1S/C23H33N3O2.ClH/c1-15-9-11-26(12-10-15)23(28)19-7-2-3-8-20(19)25-22(27)18-13-16-5-4-6-17(14-18)21(16)24;/h2-3,7-8,15-18,21H,4-6,9-14,24H2,1H3,(H,25,27);1H. The minimum atomic E-state index is 0. The molecule has 5 nitrogen and oxygen atoms in total. The molecule has 2 amide bonds. The first kappa shape index (κ1) is 22.1. The summed E-state index contributed by atoms with van der Waals surface area (Å²) in [7, 11) is 0. The topological polar surface area (TPSA) is 75.4 Å². The molecule has 2 saturated carbocycles. The maximum atomic E-state index is 13.0. The van der Waals surface area contributed by atoms with Gasteiger partial charge in [-0.1, -0.05) is 25.5 Å². The summed E-state index contributed by atoms with van der Waals surface area (Å²) in [5.74, 6) is 1.71. The third-order valence-electron chi connectivity index (χ3n) is 7.27. The molecule has 3 N–H and O–H groups in total. The van der Waals surface area contributed by atoms with Crippen LogP contribution in [0.2, 0.25) is 0 Å². The lowest BCUT2D eigenvalue weighted by atomic mass is 9.65. The van der Waals surface area contributed by atoms with Gasteiger partial charge < -0.3 is 16.0 Å². The molecule has 0 aromatic heterocycles. The van der Waals surface area contributed by atoms with E-state index in [9.17, 15) is 9.59 Å². The molecule has 0 spiro atoms. The molecule has 1 heterocycles. The molecule has 160 valence electrons. The quantitative estimate of drug-likeness (QED) is 0.775. The van der Waals surface area contributed by atoms with E-state index >= 15 is 0 Å². The smallest absolute Gasteiger partial charge is 0.255 e. The van der Waals surface area contributed by atoms with E-state index in [0.717, 1.165) is 51.6 Å². The van der Waals surface area contributed by atoms with Crippen LogP contribution in [0, 0.1) is 23.7 Å². The molecule has 1 saturated heterocycles. The van der Waals surface area contributed by atoms with E-state index in [4.69, 9.17) is 5.73 Å². The van der Waals surface area contributed by atoms with Crippen molar-refractivity contribution >= 4 is 29.9 Å². The Labute approximate surface area is 180 Å². The minimum Gasteiger partial charge on any atom is -0.339 e. The molecule has 2 aliphatic carbocycles. The Bertz CT molecular complexity index is 719. The molecule has 3 aliphatic rings. The first-order valence-electron chi connectivity index (χ1n) is 11.0. The molecule has 2 bridgehead atoms. The zero-order valence-corrected chi connectivity index (χ0v) is 18.1. The number of para-hydroxylation sites is 1. The predicted octanol–water partition coefficient (Wildman–Crippen LogP) is 4.07. The van der Waals surface area contributed by atoms with E-state index in [1.807, 2.05) is 29.2 Å². The van der Waals surface area contributed by atoms with Crippen molar-refractivity contribution < 1.29 is 9.59 Å². The van der Waals surface area contributed by atoms with E-state index in [-0.39, 0.29) is 36.2 Å². The Morgan fingerprint density at radius 2 is 1.66 bits per heavy atom. The zero-order chi connectivity index (χ0) is 19.7. The number of hydrogen-bond donors (Lipinski definition) is 2. The van der Waals surface area contributed by atoms with E-state index in [0.29, 0.717) is 29.0 Å². The van der Waals surface area contributed by atoms with E-state index in [1.54, 1.807) is 0 Å². The van der Waals surface area contributed by atoms with Crippen LogP contribution in [0.1, 0.15) is 62.2 Å². The molecule has 29 heavy (non-hydrogen) atoms. The molecule has 4 rings (SSSR count). The fourth-order valence-electron chi connectivity index (χ4n) is 5.40. The van der Waals surface area contributed by atoms with Crippen LogP contribution in [0.4, 0.5) is 5.69 Å². The van der Waals surface area contributed by atoms with Crippen LogP contribution in [0.15, 0.2) is 24.3 Å². The maximum absolute atomic E-state index is 13.0. The van der Waals surface area contributed by atoms with Gasteiger partial charge in [-0.2, -0.15) is 0 Å². The lowest BCUT2D eigenvalue weighted by Gasteiger charge is -2.43. The summed E-state index contributed by atoms with van der Waals surface area (Å²) in [5, 5.41) is 3.09. The van der Waals surface area contributed by atoms with Gasteiger partial charge >= 0.3 is 0 Å². The Morgan fingerprint density at radius 3 is 2.31 bits per heavy atom. The molecular weight excluding hydrogens is 386 g/mol. The molecule has 6 heteroatoms. The normalized spacial score (nSPS) is 29.7. The molecular formula is C23H34ClN3O2. The van der Waals surface area contributed by atoms with Crippen molar-refractivity contribution in [1.29, 1.82) is 0 Å². The van der Waals surface area contributed by atoms with Crippen molar-refractivity contribution in [3.05, 3.63) is 29.8 Å². The molecule has 2 unspecified atom stereocenters. The molecule has 0 radical (unpaired) electrons. The van der Waals surface area contributed by atoms with Gasteiger partial charge in [0, 0.05) is 25.0 Å². The first-order chi connectivity index (χ1) is 13.5. The number of nitrogens with one attached hydrogen (secondary N) is 1. The number of fused-ring (bicyclic) bond motifs is 2. The number of benzene rings is 1. The van der Waals surface area contributed by atoms with Gasteiger partial charge in [0.2, 0.25) is 5.91 Å². The Hall–Kier alpha value is -1.59. The summed E-state index contributed by atoms with van der Waals surface area (Å²) in [5.41, 5.74) is 7.63. The van der Waals surface area contributed by atoms with Gasteiger partial charge in [0.25, 0.3) is 5.91 Å². The van der Waals surface area contributed by atoms with Gasteiger partial charge in [-0.15, -0.1) is 12.4 Å². The second-order valence-corrected chi connectivity index (χ2v) is 9.21. The third kappa shape index (κ3) is 4.77. The SMILES string of the molecule is CC1CCN(C(=O)c2ccccc2NC(=O)C2CC3CCCC(C2)C3N)CC1.Cl. The average Bonchev–Trinajstić information content (AvgIpc) is 2.68. The number of nitrogens with zero attached hydrogens (tertiary/aromatic N) is 1. The third-order valence-corrected chi connectivity index (χ3v) is 7.27. The molecule has 1 aliphatic heterocycles. The van der Waals surface area contributed by atoms with Crippen molar-refractivity contribution in [3.63, 3.8) is 0 Å². The van der Waals surface area contributed by atoms with Gasteiger partial charge in [0.15, 0.2) is 0 Å². The summed E-state index contributed by atoms with van der Waals surface area (Å²) >= 11 is 0. The van der Waals surface area contributed by atoms with Crippen LogP contribution in [-0.4, -0.2) is 35.8 Å². The van der Waals surface area contributed by atoms with E-state index in [1.165, 1.54) is 6.42 Å². The second-order valence-electron chi connectivity index (χ2n) is 9.21. The zero-order valence-electron chi connectivity index (χ0n) is 17.3. The summed E-state index contributed by atoms with van der Waals surface area (Å²) in [6.07, 6.45) is 7.38. The number of amides is 2. The van der Waals surface area contributed by atoms with Crippen molar-refractivity contribution in [2.24, 2.45) is 29.4 Å². The predicted molar refractivity (Wildman–Crippen MR) is 118 cm³/mol. The number of likely N-dealkylation sites (tertiary alicyclic amines) is 1. The number of anilines is 1. The highest BCUT2D eigenvalue weighted by molar-refractivity contribution is 6.04. The fourth-order valence-corrected chi connectivity index (χ4v) is 5.40. The minimum absolute atomic E-state index is 0. The molecule has 2 atom stereocenters. The van der Waals surface area contributed by atoms with Gasteiger partial charge in [0.1, 0.15) is 0 Å². The van der Waals surface area contributed by atoms with Crippen molar-refractivity contribution in [3.8, 4) is 0 Å². The highest BCUT2D eigenvalue weighted by Crippen LogP contribution is 2.42. The average molecular weight is 420 g/mol. The number of carbonyl (C=O) groups excluding carboxylic acids is 2. The van der Waals surface area contributed by atoms with Gasteiger partial charge in [-0.25, -0.2) is 0 Å². The van der Waals surface area contributed by atoms with Crippen molar-refractivity contribution in [1.82, 2.24) is 4.90 Å². The Morgan fingerprint density at radius 1 is 1.03 bits per heavy atom. The summed E-state index contributed by atoms with van der Waals surface area (Å²) in [4.78, 5) is 28.0. The summed E-state index contributed by atoms with van der Waals surface area (Å²) in [6.45, 7) is 3.83. The summed E-state index contributed by atoms with van der Waals surface area (Å²) in [6, 6.07) is 7.71. The number of hydrogen-bond acceptors (Lipinski definition) is 3. The van der Waals surface area contributed by atoms with Crippen LogP contribution in [0.3, 0.4) is 0 Å². The number of nitrogens with two attached hydrogens (primary N) is 1. The largest absolute Gasteiger partial charge is 0.339 e. The highest BCUT2D eigenvalue weighted by Gasteiger charge is 2.40. The Kier molecular flexibility index (Phi) is 7.23. The van der Waals surface area contributed by atoms with Gasteiger partial charge in [0.05, 0.1) is 11.3 Å². The van der Waals surface area contributed by atoms with Crippen LogP contribution in [0.25, 0.3) is 0 Å². The molecule has 3 fully saturated rings. The number of carbonyl (C=O) groups is 2. The van der Waals surface area contributed by atoms with Crippen LogP contribution >= 0.6 is 12.4 Å². The monoisotopic (exact) mass is 419 g/mol. The molecule has 1 aromatic rings. The number of rotatable bonds is 3. The highest BCUT2D eigenvalue weighted by atomic mass is 35.5. The van der Waals surface area contributed by atoms with Crippen LogP contribution in [-0.2, 0) is 4.79 Å². The van der Waals surface area contributed by atoms with E-state index in [2.05, 4.69) is 12.2 Å². The lowest BCUT2D eigenvalue weighted by Crippen LogP contribution is -2.48. The van der Waals surface area contributed by atoms with Gasteiger partial charge in [-0.05, 0) is 68.4 Å². The lowest BCUT2D eigenvalue weighted by molar-refractivity contribution is -0.122. The number of halogens is 1. The van der Waals surface area contributed by atoms with Crippen LogP contribution < -0.4 is 11.1 Å². The second kappa shape index (κ2) is 9.48. The van der Waals surface area contributed by atoms with E-state index < -0.39 is 0 Å². The van der Waals surface area contributed by atoms with Crippen molar-refractivity contribution in [2.45, 2.75) is 57.9 Å². The first-order valence-corrected chi connectivity index (χ1v) is 11.0. The fraction of sp³-hybridized carbons (Fsp3) is 0.652. The van der Waals surface area contributed by atoms with Crippen molar-refractivity contribution in [2.75, 3.05) is 18.4 Å².